The molecule has 0 amide bonds. The lowest BCUT2D eigenvalue weighted by atomic mass is 10.2. The summed E-state index contributed by atoms with van der Waals surface area (Å²) in [6.07, 6.45) is 6.05. The van der Waals surface area contributed by atoms with E-state index in [1.807, 2.05) is 53.1 Å². The molecular formula is C23H18BrN5O. The van der Waals surface area contributed by atoms with E-state index in [1.54, 1.807) is 10.9 Å². The van der Waals surface area contributed by atoms with E-state index in [0.29, 0.717) is 22.2 Å². The molecule has 2 aromatic carbocycles. The summed E-state index contributed by atoms with van der Waals surface area (Å²) < 4.78 is 4.73. The number of para-hydroxylation sites is 2. The van der Waals surface area contributed by atoms with E-state index in [-0.39, 0.29) is 11.6 Å². The summed E-state index contributed by atoms with van der Waals surface area (Å²) in [7, 11) is 0. The Bertz CT molecular complexity index is 1480. The van der Waals surface area contributed by atoms with Gasteiger partial charge in [0.1, 0.15) is 17.2 Å². The molecule has 6 rings (SSSR count). The SMILES string of the molecule is O=c1c2c3nc4ccccc4nc3n(-c3ccc(Br)cc3)c2ncn1C1CCCC1. The molecular weight excluding hydrogens is 442 g/mol. The van der Waals surface area contributed by atoms with Gasteiger partial charge in [0.2, 0.25) is 0 Å². The van der Waals surface area contributed by atoms with Crippen LogP contribution in [0.3, 0.4) is 0 Å². The lowest BCUT2D eigenvalue weighted by molar-refractivity contribution is 0.499. The Morgan fingerprint density at radius 1 is 0.900 bits per heavy atom. The van der Waals surface area contributed by atoms with Crippen molar-refractivity contribution in [2.45, 2.75) is 31.7 Å². The van der Waals surface area contributed by atoms with Crippen LogP contribution in [0, 0.1) is 0 Å². The standard InChI is InChI=1S/C23H18BrN5O/c24-14-9-11-16(12-10-14)29-21-19(23(30)28(13-25-21)15-5-1-2-6-15)20-22(29)27-18-8-4-3-7-17(18)26-20/h3-4,7-13,15H,1-2,5-6H2. The molecule has 0 radical (unpaired) electrons. The van der Waals surface area contributed by atoms with Crippen LogP contribution in [0.2, 0.25) is 0 Å². The van der Waals surface area contributed by atoms with Gasteiger partial charge in [0.25, 0.3) is 5.56 Å². The molecule has 0 atom stereocenters. The zero-order valence-electron chi connectivity index (χ0n) is 16.1. The molecule has 7 heteroatoms. The van der Waals surface area contributed by atoms with Gasteiger partial charge in [0.15, 0.2) is 11.3 Å². The largest absolute Gasteiger partial charge is 0.295 e. The Labute approximate surface area is 180 Å². The lowest BCUT2D eigenvalue weighted by Crippen LogP contribution is -2.23. The van der Waals surface area contributed by atoms with Crippen LogP contribution in [-0.4, -0.2) is 24.1 Å². The Hall–Kier alpha value is -3.06. The summed E-state index contributed by atoms with van der Waals surface area (Å²) in [5.41, 5.74) is 4.29. The molecule has 148 valence electrons. The summed E-state index contributed by atoms with van der Waals surface area (Å²) in [5.74, 6) is 0. The average molecular weight is 460 g/mol. The smallest absolute Gasteiger partial charge is 0.265 e. The first kappa shape index (κ1) is 17.8. The number of hydrogen-bond donors (Lipinski definition) is 0. The van der Waals surface area contributed by atoms with Crippen molar-refractivity contribution in [3.05, 3.63) is 69.7 Å². The Kier molecular flexibility index (Phi) is 3.99. The van der Waals surface area contributed by atoms with Gasteiger partial charge in [-0.3, -0.25) is 13.9 Å². The van der Waals surface area contributed by atoms with Crippen LogP contribution in [0.4, 0.5) is 0 Å². The van der Waals surface area contributed by atoms with Crippen molar-refractivity contribution in [3.8, 4) is 5.69 Å². The summed E-state index contributed by atoms with van der Waals surface area (Å²) in [6.45, 7) is 0. The second kappa shape index (κ2) is 6.74. The number of aromatic nitrogens is 5. The molecule has 0 bridgehead atoms. The highest BCUT2D eigenvalue weighted by Gasteiger charge is 2.24. The third-order valence-corrected chi connectivity index (χ3v) is 6.52. The summed E-state index contributed by atoms with van der Waals surface area (Å²) in [6, 6.07) is 15.9. The van der Waals surface area contributed by atoms with Crippen LogP contribution in [-0.2, 0) is 0 Å². The van der Waals surface area contributed by atoms with Gasteiger partial charge in [0, 0.05) is 16.2 Å². The van der Waals surface area contributed by atoms with Gasteiger partial charge >= 0.3 is 0 Å². The maximum Gasteiger partial charge on any atom is 0.265 e. The molecule has 3 heterocycles. The number of halogens is 1. The molecule has 1 aliphatic rings. The fourth-order valence-corrected chi connectivity index (χ4v) is 4.79. The zero-order chi connectivity index (χ0) is 20.2. The molecule has 6 nitrogen and oxygen atoms in total. The zero-order valence-corrected chi connectivity index (χ0v) is 17.7. The first-order valence-electron chi connectivity index (χ1n) is 10.1. The van der Waals surface area contributed by atoms with E-state index < -0.39 is 0 Å². The van der Waals surface area contributed by atoms with E-state index in [1.165, 1.54) is 0 Å². The molecule has 1 saturated carbocycles. The van der Waals surface area contributed by atoms with Crippen molar-refractivity contribution < 1.29 is 0 Å². The number of hydrogen-bond acceptors (Lipinski definition) is 4. The summed E-state index contributed by atoms with van der Waals surface area (Å²) in [5, 5.41) is 0.542. The quantitative estimate of drug-likeness (QED) is 0.365. The molecule has 1 aliphatic carbocycles. The molecule has 0 aliphatic heterocycles. The first-order chi connectivity index (χ1) is 14.7. The van der Waals surface area contributed by atoms with Crippen molar-refractivity contribution in [3.63, 3.8) is 0 Å². The van der Waals surface area contributed by atoms with E-state index >= 15 is 0 Å². The third-order valence-electron chi connectivity index (χ3n) is 5.99. The van der Waals surface area contributed by atoms with Crippen LogP contribution in [0.15, 0.2) is 64.1 Å². The van der Waals surface area contributed by atoms with Gasteiger partial charge in [-0.15, -0.1) is 0 Å². The van der Waals surface area contributed by atoms with Gasteiger partial charge in [-0.2, -0.15) is 0 Å². The highest BCUT2D eigenvalue weighted by atomic mass is 79.9. The molecule has 30 heavy (non-hydrogen) atoms. The minimum Gasteiger partial charge on any atom is -0.295 e. The number of rotatable bonds is 2. The minimum atomic E-state index is -0.0302. The maximum absolute atomic E-state index is 13.6. The second-order valence-electron chi connectivity index (χ2n) is 7.79. The van der Waals surface area contributed by atoms with E-state index in [0.717, 1.165) is 46.9 Å². The predicted molar refractivity (Wildman–Crippen MR) is 121 cm³/mol. The topological polar surface area (TPSA) is 65.6 Å². The van der Waals surface area contributed by atoms with Gasteiger partial charge in [-0.05, 0) is 49.2 Å². The highest BCUT2D eigenvalue weighted by Crippen LogP contribution is 2.31. The molecule has 3 aromatic heterocycles. The Morgan fingerprint density at radius 3 is 2.33 bits per heavy atom. The van der Waals surface area contributed by atoms with Gasteiger partial charge in [-0.25, -0.2) is 15.0 Å². The van der Waals surface area contributed by atoms with E-state index in [4.69, 9.17) is 15.0 Å². The van der Waals surface area contributed by atoms with Gasteiger partial charge in [-0.1, -0.05) is 40.9 Å². The average Bonchev–Trinajstić information content (AvgIpc) is 3.40. The van der Waals surface area contributed by atoms with Crippen LogP contribution in [0.1, 0.15) is 31.7 Å². The summed E-state index contributed by atoms with van der Waals surface area (Å²) in [4.78, 5) is 28.1. The number of benzene rings is 2. The van der Waals surface area contributed by atoms with Crippen LogP contribution in [0.25, 0.3) is 38.9 Å². The lowest BCUT2D eigenvalue weighted by Gasteiger charge is -2.13. The molecule has 0 spiro atoms. The second-order valence-corrected chi connectivity index (χ2v) is 8.71. The Balaban J connectivity index is 1.76. The van der Waals surface area contributed by atoms with Crippen molar-refractivity contribution in [2.24, 2.45) is 0 Å². The van der Waals surface area contributed by atoms with Gasteiger partial charge < -0.3 is 0 Å². The monoisotopic (exact) mass is 459 g/mol. The van der Waals surface area contributed by atoms with Crippen molar-refractivity contribution in [1.82, 2.24) is 24.1 Å². The molecule has 1 fully saturated rings. The fourth-order valence-electron chi connectivity index (χ4n) is 4.53. The first-order valence-corrected chi connectivity index (χ1v) is 10.9. The van der Waals surface area contributed by atoms with Crippen LogP contribution < -0.4 is 5.56 Å². The fraction of sp³-hybridized carbons (Fsp3) is 0.217. The van der Waals surface area contributed by atoms with Crippen molar-refractivity contribution in [1.29, 1.82) is 0 Å². The predicted octanol–water partition coefficient (Wildman–Crippen LogP) is 5.16. The minimum absolute atomic E-state index is 0.0302. The van der Waals surface area contributed by atoms with Gasteiger partial charge in [0.05, 0.1) is 11.0 Å². The van der Waals surface area contributed by atoms with Crippen molar-refractivity contribution >= 4 is 49.2 Å². The van der Waals surface area contributed by atoms with E-state index in [2.05, 4.69) is 15.9 Å². The number of fused-ring (bicyclic) bond motifs is 4. The van der Waals surface area contributed by atoms with Crippen LogP contribution in [0.5, 0.6) is 0 Å². The summed E-state index contributed by atoms with van der Waals surface area (Å²) >= 11 is 3.49. The van der Waals surface area contributed by atoms with E-state index in [9.17, 15) is 4.79 Å². The molecule has 0 unspecified atom stereocenters. The van der Waals surface area contributed by atoms with Crippen LogP contribution >= 0.6 is 15.9 Å². The highest BCUT2D eigenvalue weighted by molar-refractivity contribution is 9.10. The van der Waals surface area contributed by atoms with Crippen molar-refractivity contribution in [2.75, 3.05) is 0 Å². The maximum atomic E-state index is 13.6. The molecule has 0 saturated heterocycles. The Morgan fingerprint density at radius 2 is 1.60 bits per heavy atom. The molecule has 0 N–H and O–H groups in total. The number of nitrogens with zero attached hydrogens (tertiary/aromatic N) is 5. The molecule has 5 aromatic rings. The third kappa shape index (κ3) is 2.61. The normalized spacial score (nSPS) is 15.0.